The van der Waals surface area contributed by atoms with Crippen molar-refractivity contribution < 1.29 is 9.90 Å². The van der Waals surface area contributed by atoms with E-state index in [0.29, 0.717) is 5.96 Å². The van der Waals surface area contributed by atoms with Gasteiger partial charge in [0.15, 0.2) is 5.96 Å². The van der Waals surface area contributed by atoms with Gasteiger partial charge in [-0.05, 0) is 6.92 Å². The van der Waals surface area contributed by atoms with Gasteiger partial charge in [0.1, 0.15) is 6.17 Å². The van der Waals surface area contributed by atoms with E-state index in [1.165, 1.54) is 0 Å². The molecule has 0 aliphatic carbocycles. The number of aliphatic carboxylic acids is 1. The molecular formula is C9H19N5O2. The Hall–Kier alpha value is -1.79. The summed E-state index contributed by atoms with van der Waals surface area (Å²) < 4.78 is 0. The SMILES string of the molecule is CCC(=O)O.C[C@H]1N=C(N)NC(N(C)C)=N1. The fraction of sp³-hybridized carbons (Fsp3) is 0.667. The minimum Gasteiger partial charge on any atom is -0.481 e. The highest BCUT2D eigenvalue weighted by Crippen LogP contribution is 1.97. The Morgan fingerprint density at radius 3 is 2.38 bits per heavy atom. The van der Waals surface area contributed by atoms with Gasteiger partial charge in [-0.25, -0.2) is 9.98 Å². The number of guanidine groups is 2. The second-order valence-electron chi connectivity index (χ2n) is 3.37. The molecule has 0 saturated carbocycles. The van der Waals surface area contributed by atoms with Gasteiger partial charge in [-0.2, -0.15) is 0 Å². The highest BCUT2D eigenvalue weighted by atomic mass is 16.4. The van der Waals surface area contributed by atoms with Crippen LogP contribution in [-0.2, 0) is 4.79 Å². The standard InChI is InChI=1S/C6H13N5.C3H6O2/c1-4-8-5(7)10-6(9-4)11(2)3;1-2-3(4)5/h4H,1-3H3,(H3,7,8,9,10);2H2,1H3,(H,4,5)/t4-;/m0./s1. The number of carbonyl (C=O) groups is 1. The third-order valence-corrected chi connectivity index (χ3v) is 1.60. The van der Waals surface area contributed by atoms with Crippen molar-refractivity contribution in [2.24, 2.45) is 15.7 Å². The van der Waals surface area contributed by atoms with E-state index in [1.807, 2.05) is 25.9 Å². The summed E-state index contributed by atoms with van der Waals surface area (Å²) in [6.45, 7) is 3.49. The lowest BCUT2D eigenvalue weighted by Gasteiger charge is -2.21. The molecule has 4 N–H and O–H groups in total. The van der Waals surface area contributed by atoms with Crippen LogP contribution in [-0.4, -0.2) is 48.2 Å². The number of rotatable bonds is 1. The number of nitrogens with zero attached hydrogens (tertiary/aromatic N) is 3. The number of hydrogen-bond donors (Lipinski definition) is 3. The largest absolute Gasteiger partial charge is 0.481 e. The molecule has 0 saturated heterocycles. The summed E-state index contributed by atoms with van der Waals surface area (Å²) in [7, 11) is 3.80. The molecule has 1 rings (SSSR count). The van der Waals surface area contributed by atoms with Gasteiger partial charge in [0.2, 0.25) is 5.96 Å². The average molecular weight is 229 g/mol. The van der Waals surface area contributed by atoms with Crippen molar-refractivity contribution in [3.63, 3.8) is 0 Å². The van der Waals surface area contributed by atoms with Gasteiger partial charge in [0.25, 0.3) is 0 Å². The van der Waals surface area contributed by atoms with E-state index in [0.717, 1.165) is 5.96 Å². The maximum atomic E-state index is 9.37. The summed E-state index contributed by atoms with van der Waals surface area (Å²) in [6.07, 6.45) is 0.147. The number of aliphatic imine (C=N–C) groups is 2. The van der Waals surface area contributed by atoms with E-state index < -0.39 is 5.97 Å². The van der Waals surface area contributed by atoms with Gasteiger partial charge in [-0.15, -0.1) is 0 Å². The van der Waals surface area contributed by atoms with Crippen LogP contribution in [0.5, 0.6) is 0 Å². The van der Waals surface area contributed by atoms with Crippen LogP contribution in [0, 0.1) is 0 Å². The van der Waals surface area contributed by atoms with Crippen molar-refractivity contribution >= 4 is 17.9 Å². The van der Waals surface area contributed by atoms with Crippen molar-refractivity contribution in [3.8, 4) is 0 Å². The topological polar surface area (TPSA) is 103 Å². The first kappa shape index (κ1) is 14.2. The predicted octanol–water partition coefficient (Wildman–Crippen LogP) is -0.351. The Balaban J connectivity index is 0.000000385. The molecule has 1 atom stereocenters. The van der Waals surface area contributed by atoms with Gasteiger partial charge in [-0.3, -0.25) is 10.1 Å². The van der Waals surface area contributed by atoms with Crippen LogP contribution in [0.4, 0.5) is 0 Å². The molecule has 0 fully saturated rings. The first-order chi connectivity index (χ1) is 7.36. The summed E-state index contributed by atoms with van der Waals surface area (Å²) >= 11 is 0. The third kappa shape index (κ3) is 5.84. The third-order valence-electron chi connectivity index (χ3n) is 1.60. The fourth-order valence-corrected chi connectivity index (χ4v) is 0.813. The molecule has 0 spiro atoms. The van der Waals surface area contributed by atoms with E-state index in [4.69, 9.17) is 10.8 Å². The van der Waals surface area contributed by atoms with Crippen molar-refractivity contribution in [1.82, 2.24) is 10.2 Å². The summed E-state index contributed by atoms with van der Waals surface area (Å²) in [5.41, 5.74) is 5.48. The predicted molar refractivity (Wildman–Crippen MR) is 63.3 cm³/mol. The van der Waals surface area contributed by atoms with Crippen LogP contribution in [0.1, 0.15) is 20.3 Å². The lowest BCUT2D eigenvalue weighted by atomic mass is 10.5. The molecule has 0 bridgehead atoms. The highest BCUT2D eigenvalue weighted by Gasteiger charge is 2.11. The maximum Gasteiger partial charge on any atom is 0.303 e. The first-order valence-corrected chi connectivity index (χ1v) is 4.94. The number of carboxylic acid groups (broad SMARTS) is 1. The van der Waals surface area contributed by atoms with Gasteiger partial charge >= 0.3 is 5.97 Å². The van der Waals surface area contributed by atoms with Gasteiger partial charge in [0.05, 0.1) is 0 Å². The van der Waals surface area contributed by atoms with E-state index in [-0.39, 0.29) is 12.6 Å². The molecule has 0 amide bonds. The molecular weight excluding hydrogens is 210 g/mol. The zero-order valence-corrected chi connectivity index (χ0v) is 10.1. The number of nitrogens with two attached hydrogens (primary N) is 1. The molecule has 7 nitrogen and oxygen atoms in total. The maximum absolute atomic E-state index is 9.37. The Morgan fingerprint density at radius 1 is 1.56 bits per heavy atom. The smallest absolute Gasteiger partial charge is 0.303 e. The Morgan fingerprint density at radius 2 is 2.06 bits per heavy atom. The molecule has 0 radical (unpaired) electrons. The number of nitrogens with one attached hydrogen (secondary N) is 1. The lowest BCUT2D eigenvalue weighted by molar-refractivity contribution is -0.136. The summed E-state index contributed by atoms with van der Waals surface area (Å²) in [5, 5.41) is 10.6. The summed E-state index contributed by atoms with van der Waals surface area (Å²) in [6, 6.07) is 0. The minimum atomic E-state index is -0.745. The molecule has 0 aromatic heterocycles. The van der Waals surface area contributed by atoms with Crippen LogP contribution in [0.15, 0.2) is 9.98 Å². The summed E-state index contributed by atoms with van der Waals surface area (Å²) in [5.74, 6) is 0.436. The van der Waals surface area contributed by atoms with Crippen molar-refractivity contribution in [1.29, 1.82) is 0 Å². The fourth-order valence-electron chi connectivity index (χ4n) is 0.813. The zero-order chi connectivity index (χ0) is 12.7. The van der Waals surface area contributed by atoms with E-state index in [1.54, 1.807) is 6.92 Å². The number of carboxylic acids is 1. The van der Waals surface area contributed by atoms with Crippen LogP contribution >= 0.6 is 0 Å². The quantitative estimate of drug-likeness (QED) is 0.570. The molecule has 7 heteroatoms. The summed E-state index contributed by atoms with van der Waals surface area (Å²) in [4.78, 5) is 19.4. The van der Waals surface area contributed by atoms with Crippen LogP contribution in [0.3, 0.4) is 0 Å². The van der Waals surface area contributed by atoms with E-state index >= 15 is 0 Å². The van der Waals surface area contributed by atoms with Crippen LogP contribution in [0.25, 0.3) is 0 Å². The zero-order valence-electron chi connectivity index (χ0n) is 10.1. The molecule has 0 unspecified atom stereocenters. The van der Waals surface area contributed by atoms with E-state index in [2.05, 4.69) is 15.3 Å². The lowest BCUT2D eigenvalue weighted by Crippen LogP contribution is -2.47. The minimum absolute atomic E-state index is 0.0753. The van der Waals surface area contributed by atoms with Gasteiger partial charge < -0.3 is 15.7 Å². The van der Waals surface area contributed by atoms with Crippen LogP contribution in [0.2, 0.25) is 0 Å². The molecule has 0 aromatic carbocycles. The molecule has 92 valence electrons. The molecule has 1 heterocycles. The highest BCUT2D eigenvalue weighted by molar-refractivity contribution is 5.99. The molecule has 0 aromatic rings. The van der Waals surface area contributed by atoms with E-state index in [9.17, 15) is 4.79 Å². The van der Waals surface area contributed by atoms with Gasteiger partial charge in [-0.1, -0.05) is 6.92 Å². The molecule has 16 heavy (non-hydrogen) atoms. The van der Waals surface area contributed by atoms with Crippen molar-refractivity contribution in [2.75, 3.05) is 14.1 Å². The van der Waals surface area contributed by atoms with Gasteiger partial charge in [0, 0.05) is 20.5 Å². The second kappa shape index (κ2) is 6.65. The number of hydrogen-bond acceptors (Lipinski definition) is 6. The first-order valence-electron chi connectivity index (χ1n) is 4.94. The van der Waals surface area contributed by atoms with Crippen molar-refractivity contribution in [2.45, 2.75) is 26.4 Å². The Bertz CT molecular complexity index is 298. The van der Waals surface area contributed by atoms with Crippen LogP contribution < -0.4 is 11.1 Å². The Labute approximate surface area is 95.1 Å². The normalized spacial score (nSPS) is 18.4. The molecule has 1 aliphatic rings. The second-order valence-corrected chi connectivity index (χ2v) is 3.37. The average Bonchev–Trinajstić information content (AvgIpc) is 2.17. The Kier molecular flexibility index (Phi) is 5.91. The monoisotopic (exact) mass is 229 g/mol. The van der Waals surface area contributed by atoms with Crippen molar-refractivity contribution in [3.05, 3.63) is 0 Å². The molecule has 1 aliphatic heterocycles.